The van der Waals surface area contributed by atoms with Gasteiger partial charge in [-0.2, -0.15) is 5.26 Å². The van der Waals surface area contributed by atoms with E-state index in [1.807, 2.05) is 26.8 Å². The number of benzene rings is 1. The van der Waals surface area contributed by atoms with Crippen LogP contribution in [0.1, 0.15) is 36.9 Å². The third-order valence-corrected chi connectivity index (χ3v) is 2.81. The first-order valence-corrected chi connectivity index (χ1v) is 6.77. The van der Waals surface area contributed by atoms with Gasteiger partial charge in [-0.25, -0.2) is 4.79 Å². The Morgan fingerprint density at radius 3 is 2.55 bits per heavy atom. The average Bonchev–Trinajstić information content (AvgIpc) is 2.45. The summed E-state index contributed by atoms with van der Waals surface area (Å²) >= 11 is 0. The smallest absolute Gasteiger partial charge is 0.336 e. The predicted molar refractivity (Wildman–Crippen MR) is 82.3 cm³/mol. The number of nitriles is 1. The summed E-state index contributed by atoms with van der Waals surface area (Å²) in [5, 5.41) is 11.7. The molecule has 0 spiro atoms. The Bertz CT molecular complexity index is 808. The lowest BCUT2D eigenvalue weighted by Gasteiger charge is -2.19. The molecule has 0 fully saturated rings. The Labute approximate surface area is 128 Å². The van der Waals surface area contributed by atoms with Gasteiger partial charge >= 0.3 is 5.63 Å². The van der Waals surface area contributed by atoms with Crippen LogP contribution < -0.4 is 10.9 Å². The molecule has 1 N–H and O–H groups in total. The Hall–Kier alpha value is -2.87. The zero-order valence-corrected chi connectivity index (χ0v) is 12.6. The van der Waals surface area contributed by atoms with E-state index in [-0.39, 0.29) is 5.76 Å². The van der Waals surface area contributed by atoms with Crippen LogP contribution in [-0.2, 0) is 0 Å². The zero-order chi connectivity index (χ0) is 16.3. The molecular weight excluding hydrogens is 280 g/mol. The molecule has 0 aliphatic rings. The summed E-state index contributed by atoms with van der Waals surface area (Å²) < 4.78 is 4.97. The highest BCUT2D eigenvalue weighted by Crippen LogP contribution is 2.20. The van der Waals surface area contributed by atoms with Crippen molar-refractivity contribution in [1.29, 1.82) is 5.26 Å². The van der Waals surface area contributed by atoms with Gasteiger partial charge in [0.05, 0.1) is 11.6 Å². The Kier molecular flexibility index (Phi) is 4.13. The van der Waals surface area contributed by atoms with Gasteiger partial charge in [-0.05, 0) is 50.1 Å². The van der Waals surface area contributed by atoms with Crippen molar-refractivity contribution in [1.82, 2.24) is 5.32 Å². The second-order valence-corrected chi connectivity index (χ2v) is 5.93. The highest BCUT2D eigenvalue weighted by molar-refractivity contribution is 5.93. The van der Waals surface area contributed by atoms with Gasteiger partial charge in [0, 0.05) is 11.6 Å². The molecule has 1 amide bonds. The van der Waals surface area contributed by atoms with Crippen LogP contribution in [0, 0.1) is 11.3 Å². The minimum Gasteiger partial charge on any atom is -0.417 e. The van der Waals surface area contributed by atoms with Gasteiger partial charge in [0.2, 0.25) is 0 Å². The molecule has 0 saturated heterocycles. The van der Waals surface area contributed by atoms with Crippen molar-refractivity contribution >= 4 is 5.91 Å². The lowest BCUT2D eigenvalue weighted by atomic mass is 10.0. The van der Waals surface area contributed by atoms with Crippen molar-refractivity contribution in [3.63, 3.8) is 0 Å². The van der Waals surface area contributed by atoms with Crippen molar-refractivity contribution in [2.24, 2.45) is 0 Å². The fourth-order valence-corrected chi connectivity index (χ4v) is 1.93. The lowest BCUT2D eigenvalue weighted by Crippen LogP contribution is -2.40. The molecule has 1 heterocycles. The van der Waals surface area contributed by atoms with Crippen molar-refractivity contribution in [2.45, 2.75) is 26.3 Å². The molecule has 0 aliphatic heterocycles. The van der Waals surface area contributed by atoms with Gasteiger partial charge in [-0.3, -0.25) is 4.79 Å². The summed E-state index contributed by atoms with van der Waals surface area (Å²) in [6, 6.07) is 11.6. The quantitative estimate of drug-likeness (QED) is 0.923. The standard InChI is InChI=1S/C17H16N2O3/c1-17(2,3)19-16(21)14-8-13(9-15(20)22-14)12-6-4-5-11(7-12)10-18/h4-9H,1-3H3,(H,19,21). The average molecular weight is 296 g/mol. The number of amides is 1. The van der Waals surface area contributed by atoms with Crippen LogP contribution in [0.15, 0.2) is 45.6 Å². The van der Waals surface area contributed by atoms with Gasteiger partial charge in [0.25, 0.3) is 5.91 Å². The Morgan fingerprint density at radius 1 is 1.18 bits per heavy atom. The summed E-state index contributed by atoms with van der Waals surface area (Å²) in [6.45, 7) is 5.51. The molecule has 112 valence electrons. The van der Waals surface area contributed by atoms with Crippen LogP contribution in [-0.4, -0.2) is 11.4 Å². The third kappa shape index (κ3) is 3.83. The molecule has 0 saturated carbocycles. The maximum absolute atomic E-state index is 12.1. The molecule has 0 radical (unpaired) electrons. The molecule has 0 aliphatic carbocycles. The van der Waals surface area contributed by atoms with E-state index in [0.29, 0.717) is 16.7 Å². The van der Waals surface area contributed by atoms with E-state index in [0.717, 1.165) is 0 Å². The van der Waals surface area contributed by atoms with E-state index < -0.39 is 17.1 Å². The Morgan fingerprint density at radius 2 is 1.91 bits per heavy atom. The van der Waals surface area contributed by atoms with E-state index in [1.165, 1.54) is 12.1 Å². The van der Waals surface area contributed by atoms with E-state index >= 15 is 0 Å². The number of hydrogen-bond acceptors (Lipinski definition) is 4. The van der Waals surface area contributed by atoms with E-state index in [1.54, 1.807) is 24.3 Å². The minimum atomic E-state index is -0.612. The fourth-order valence-electron chi connectivity index (χ4n) is 1.93. The second kappa shape index (κ2) is 5.86. The number of hydrogen-bond donors (Lipinski definition) is 1. The van der Waals surface area contributed by atoms with Crippen LogP contribution in [0.2, 0.25) is 0 Å². The predicted octanol–water partition coefficient (Wildman–Crippen LogP) is 2.71. The maximum Gasteiger partial charge on any atom is 0.336 e. The van der Waals surface area contributed by atoms with E-state index in [2.05, 4.69) is 5.32 Å². The van der Waals surface area contributed by atoms with Gasteiger partial charge in [-0.1, -0.05) is 12.1 Å². The van der Waals surface area contributed by atoms with Crippen molar-refractivity contribution in [3.8, 4) is 17.2 Å². The first-order valence-electron chi connectivity index (χ1n) is 6.77. The van der Waals surface area contributed by atoms with Crippen LogP contribution in [0.3, 0.4) is 0 Å². The second-order valence-electron chi connectivity index (χ2n) is 5.93. The highest BCUT2D eigenvalue weighted by Gasteiger charge is 2.18. The van der Waals surface area contributed by atoms with Crippen LogP contribution in [0.5, 0.6) is 0 Å². The zero-order valence-electron chi connectivity index (χ0n) is 12.6. The molecule has 5 heteroatoms. The van der Waals surface area contributed by atoms with Crippen molar-refractivity contribution < 1.29 is 9.21 Å². The molecule has 2 rings (SSSR count). The molecule has 0 atom stereocenters. The van der Waals surface area contributed by atoms with Crippen LogP contribution >= 0.6 is 0 Å². The normalized spacial score (nSPS) is 10.8. The summed E-state index contributed by atoms with van der Waals surface area (Å²) in [7, 11) is 0. The maximum atomic E-state index is 12.1. The topological polar surface area (TPSA) is 83.1 Å². The highest BCUT2D eigenvalue weighted by atomic mass is 16.4. The SMILES string of the molecule is CC(C)(C)NC(=O)c1cc(-c2cccc(C#N)c2)cc(=O)o1. The first-order chi connectivity index (χ1) is 10.3. The van der Waals surface area contributed by atoms with Gasteiger partial charge < -0.3 is 9.73 Å². The summed E-state index contributed by atoms with van der Waals surface area (Å²) in [5.41, 5.74) is 0.640. The summed E-state index contributed by atoms with van der Waals surface area (Å²) in [5.74, 6) is -0.511. The third-order valence-electron chi connectivity index (χ3n) is 2.81. The summed E-state index contributed by atoms with van der Waals surface area (Å²) in [4.78, 5) is 23.8. The number of nitrogens with zero attached hydrogens (tertiary/aromatic N) is 1. The largest absolute Gasteiger partial charge is 0.417 e. The van der Waals surface area contributed by atoms with Gasteiger partial charge in [-0.15, -0.1) is 0 Å². The fraction of sp³-hybridized carbons (Fsp3) is 0.235. The summed E-state index contributed by atoms with van der Waals surface area (Å²) in [6.07, 6.45) is 0. The molecule has 0 unspecified atom stereocenters. The molecular formula is C17H16N2O3. The molecule has 1 aromatic carbocycles. The van der Waals surface area contributed by atoms with Crippen molar-refractivity contribution in [2.75, 3.05) is 0 Å². The number of rotatable bonds is 2. The molecule has 0 bridgehead atoms. The monoisotopic (exact) mass is 296 g/mol. The minimum absolute atomic E-state index is 0.0558. The molecule has 1 aromatic heterocycles. The van der Waals surface area contributed by atoms with E-state index in [9.17, 15) is 9.59 Å². The van der Waals surface area contributed by atoms with Crippen LogP contribution in [0.25, 0.3) is 11.1 Å². The number of carbonyl (C=O) groups excluding carboxylic acids is 1. The van der Waals surface area contributed by atoms with Gasteiger partial charge in [0.15, 0.2) is 5.76 Å². The molecule has 5 nitrogen and oxygen atoms in total. The first kappa shape index (κ1) is 15.5. The van der Waals surface area contributed by atoms with E-state index in [4.69, 9.17) is 9.68 Å². The van der Waals surface area contributed by atoms with Crippen LogP contribution in [0.4, 0.5) is 0 Å². The number of carbonyl (C=O) groups is 1. The van der Waals surface area contributed by atoms with Gasteiger partial charge in [0.1, 0.15) is 0 Å². The number of nitrogens with one attached hydrogen (secondary N) is 1. The molecule has 2 aromatic rings. The molecule has 22 heavy (non-hydrogen) atoms. The van der Waals surface area contributed by atoms with Crippen molar-refractivity contribution in [3.05, 3.63) is 58.1 Å². The Balaban J connectivity index is 2.45. The lowest BCUT2D eigenvalue weighted by molar-refractivity contribution is 0.0886.